The topological polar surface area (TPSA) is 35.5 Å². The van der Waals surface area contributed by atoms with Crippen molar-refractivity contribution in [3.8, 4) is 0 Å². The van der Waals surface area contributed by atoms with Gasteiger partial charge >= 0.3 is 0 Å². The van der Waals surface area contributed by atoms with Gasteiger partial charge in [-0.3, -0.25) is 0 Å². The Kier molecular flexibility index (Phi) is 7.98. The van der Waals surface area contributed by atoms with Crippen molar-refractivity contribution in [1.29, 1.82) is 0 Å². The van der Waals surface area contributed by atoms with Crippen LogP contribution in [0, 0.1) is 5.92 Å². The van der Waals surface area contributed by atoms with Gasteiger partial charge < -0.3 is 15.3 Å². The molecule has 0 spiro atoms. The minimum atomic E-state index is -0.101. The highest BCUT2D eigenvalue weighted by Crippen LogP contribution is 2.12. The number of nitrogens with zero attached hydrogens (tertiary/aromatic N) is 1. The van der Waals surface area contributed by atoms with Gasteiger partial charge in [-0.2, -0.15) is 0 Å². The van der Waals surface area contributed by atoms with Gasteiger partial charge in [0.1, 0.15) is 0 Å². The largest absolute Gasteiger partial charge is 0.394 e. The fourth-order valence-corrected chi connectivity index (χ4v) is 1.89. The second-order valence-electron chi connectivity index (χ2n) is 5.58. The minimum absolute atomic E-state index is 0.101. The smallest absolute Gasteiger partial charge is 0.0610 e. The van der Waals surface area contributed by atoms with E-state index in [1.165, 1.54) is 19.4 Å². The third-order valence-electron chi connectivity index (χ3n) is 3.15. The molecule has 0 saturated heterocycles. The lowest BCUT2D eigenvalue weighted by Gasteiger charge is -2.27. The zero-order valence-electron chi connectivity index (χ0n) is 11.7. The van der Waals surface area contributed by atoms with Crippen LogP contribution in [0.4, 0.5) is 0 Å². The molecule has 0 bridgehead atoms. The van der Waals surface area contributed by atoms with E-state index in [9.17, 15) is 5.11 Å². The Balaban J connectivity index is 3.59. The molecule has 0 aliphatic carbocycles. The van der Waals surface area contributed by atoms with Gasteiger partial charge in [0.05, 0.1) is 6.61 Å². The molecule has 0 aromatic carbocycles. The lowest BCUT2D eigenvalue weighted by Crippen LogP contribution is -2.43. The molecule has 0 fully saturated rings. The normalized spacial score (nSPS) is 15.8. The molecule has 0 aromatic heterocycles. The van der Waals surface area contributed by atoms with Crippen LogP contribution in [-0.4, -0.2) is 49.3 Å². The summed E-state index contributed by atoms with van der Waals surface area (Å²) < 4.78 is 0. The summed E-state index contributed by atoms with van der Waals surface area (Å²) in [6.07, 6.45) is 3.41. The lowest BCUT2D eigenvalue weighted by atomic mass is 9.96. The maximum atomic E-state index is 9.24. The van der Waals surface area contributed by atoms with Gasteiger partial charge in [-0.05, 0) is 46.3 Å². The molecule has 0 aliphatic heterocycles. The highest BCUT2D eigenvalue weighted by molar-refractivity contribution is 4.80. The van der Waals surface area contributed by atoms with Gasteiger partial charge in [0.15, 0.2) is 0 Å². The molecular formula is C13H30N2O. The van der Waals surface area contributed by atoms with Crippen molar-refractivity contribution in [2.24, 2.45) is 5.92 Å². The van der Waals surface area contributed by atoms with Gasteiger partial charge in [0.2, 0.25) is 0 Å². The molecule has 0 radical (unpaired) electrons. The summed E-state index contributed by atoms with van der Waals surface area (Å²) in [6, 6.07) is 0. The number of aliphatic hydroxyl groups is 1. The first kappa shape index (κ1) is 15.9. The molecule has 0 rings (SSSR count). The van der Waals surface area contributed by atoms with E-state index in [4.69, 9.17) is 0 Å². The van der Waals surface area contributed by atoms with Crippen molar-refractivity contribution in [2.45, 2.75) is 45.6 Å². The highest BCUT2D eigenvalue weighted by Gasteiger charge is 2.19. The Labute approximate surface area is 101 Å². The molecule has 0 heterocycles. The molecule has 0 aromatic rings. The lowest BCUT2D eigenvalue weighted by molar-refractivity contribution is 0.169. The van der Waals surface area contributed by atoms with E-state index in [2.05, 4.69) is 38.0 Å². The number of likely N-dealkylation sites (N-methyl/N-ethyl adjacent to an activating group) is 1. The average Bonchev–Trinajstić information content (AvgIpc) is 2.23. The van der Waals surface area contributed by atoms with Gasteiger partial charge in [0.25, 0.3) is 0 Å². The second-order valence-corrected chi connectivity index (χ2v) is 5.58. The maximum Gasteiger partial charge on any atom is 0.0610 e. The summed E-state index contributed by atoms with van der Waals surface area (Å²) in [5, 5.41) is 12.4. The first-order valence-electron chi connectivity index (χ1n) is 6.42. The summed E-state index contributed by atoms with van der Waals surface area (Å²) in [4.78, 5) is 2.39. The van der Waals surface area contributed by atoms with Crippen molar-refractivity contribution in [1.82, 2.24) is 10.2 Å². The minimum Gasteiger partial charge on any atom is -0.394 e. The number of aliphatic hydroxyl groups excluding tert-OH is 1. The van der Waals surface area contributed by atoms with Crippen LogP contribution in [0.15, 0.2) is 0 Å². The quantitative estimate of drug-likeness (QED) is 0.592. The molecule has 2 N–H and O–H groups in total. The molecule has 16 heavy (non-hydrogen) atoms. The van der Waals surface area contributed by atoms with E-state index < -0.39 is 0 Å². The van der Waals surface area contributed by atoms with Gasteiger partial charge in [-0.25, -0.2) is 0 Å². The zero-order chi connectivity index (χ0) is 12.6. The molecule has 3 heteroatoms. The molecule has 98 valence electrons. The van der Waals surface area contributed by atoms with Crippen LogP contribution >= 0.6 is 0 Å². The average molecular weight is 230 g/mol. The SMILES string of the molecule is CNC(C)(CO)CCCCN(C)CC(C)C. The van der Waals surface area contributed by atoms with E-state index in [1.807, 2.05) is 7.05 Å². The number of hydrogen-bond acceptors (Lipinski definition) is 3. The van der Waals surface area contributed by atoms with E-state index in [0.29, 0.717) is 0 Å². The Morgan fingerprint density at radius 3 is 2.38 bits per heavy atom. The first-order chi connectivity index (χ1) is 7.43. The highest BCUT2D eigenvalue weighted by atomic mass is 16.3. The van der Waals surface area contributed by atoms with Crippen LogP contribution in [0.1, 0.15) is 40.0 Å². The van der Waals surface area contributed by atoms with Crippen molar-refractivity contribution < 1.29 is 5.11 Å². The third kappa shape index (κ3) is 7.20. The Bertz CT molecular complexity index is 167. The van der Waals surface area contributed by atoms with Crippen molar-refractivity contribution in [3.63, 3.8) is 0 Å². The molecule has 3 nitrogen and oxygen atoms in total. The summed E-state index contributed by atoms with van der Waals surface area (Å²) in [5.41, 5.74) is -0.101. The monoisotopic (exact) mass is 230 g/mol. The Morgan fingerprint density at radius 1 is 1.31 bits per heavy atom. The first-order valence-corrected chi connectivity index (χ1v) is 6.42. The van der Waals surface area contributed by atoms with Crippen LogP contribution in [0.3, 0.4) is 0 Å². The third-order valence-corrected chi connectivity index (χ3v) is 3.15. The number of hydrogen-bond donors (Lipinski definition) is 2. The van der Waals surface area contributed by atoms with E-state index in [1.54, 1.807) is 0 Å². The van der Waals surface area contributed by atoms with Crippen molar-refractivity contribution >= 4 is 0 Å². The van der Waals surface area contributed by atoms with Crippen LogP contribution in [0.25, 0.3) is 0 Å². The second kappa shape index (κ2) is 8.04. The van der Waals surface area contributed by atoms with Gasteiger partial charge in [-0.1, -0.05) is 20.3 Å². The van der Waals surface area contributed by atoms with Crippen LogP contribution in [-0.2, 0) is 0 Å². The van der Waals surface area contributed by atoms with Crippen molar-refractivity contribution in [2.75, 3.05) is 33.8 Å². The number of nitrogens with one attached hydrogen (secondary N) is 1. The maximum absolute atomic E-state index is 9.24. The van der Waals surface area contributed by atoms with E-state index in [0.717, 1.165) is 18.9 Å². The van der Waals surface area contributed by atoms with Crippen LogP contribution in [0.2, 0.25) is 0 Å². The fraction of sp³-hybridized carbons (Fsp3) is 1.00. The van der Waals surface area contributed by atoms with E-state index in [-0.39, 0.29) is 12.1 Å². The van der Waals surface area contributed by atoms with Crippen LogP contribution < -0.4 is 5.32 Å². The Morgan fingerprint density at radius 2 is 1.94 bits per heavy atom. The fourth-order valence-electron chi connectivity index (χ4n) is 1.89. The summed E-state index contributed by atoms with van der Waals surface area (Å²) in [6.45, 7) is 9.11. The standard InChI is InChI=1S/C13H30N2O/c1-12(2)10-15(5)9-7-6-8-13(3,11-16)14-4/h12,14,16H,6-11H2,1-5H3. The summed E-state index contributed by atoms with van der Waals surface area (Å²) >= 11 is 0. The summed E-state index contributed by atoms with van der Waals surface area (Å²) in [7, 11) is 4.10. The predicted octanol–water partition coefficient (Wildman–Crippen LogP) is 1.71. The zero-order valence-corrected chi connectivity index (χ0v) is 11.7. The molecule has 1 atom stereocenters. The van der Waals surface area contributed by atoms with Crippen LogP contribution in [0.5, 0.6) is 0 Å². The van der Waals surface area contributed by atoms with Crippen molar-refractivity contribution in [3.05, 3.63) is 0 Å². The Hall–Kier alpha value is -0.120. The predicted molar refractivity (Wildman–Crippen MR) is 70.7 cm³/mol. The molecule has 0 aliphatic rings. The summed E-state index contributed by atoms with van der Waals surface area (Å²) in [5.74, 6) is 0.741. The number of unbranched alkanes of at least 4 members (excludes halogenated alkanes) is 1. The number of rotatable bonds is 9. The molecule has 0 saturated carbocycles. The van der Waals surface area contributed by atoms with Gasteiger partial charge in [-0.15, -0.1) is 0 Å². The van der Waals surface area contributed by atoms with E-state index >= 15 is 0 Å². The molecular weight excluding hydrogens is 200 g/mol. The molecule has 1 unspecified atom stereocenters. The molecule has 0 amide bonds. The van der Waals surface area contributed by atoms with Gasteiger partial charge in [0, 0.05) is 12.1 Å².